The average Bonchev–Trinajstić information content (AvgIpc) is 3.09. The summed E-state index contributed by atoms with van der Waals surface area (Å²) in [6.45, 7) is 5.77. The second-order valence-corrected chi connectivity index (χ2v) is 7.27. The molecule has 1 aliphatic heterocycles. The van der Waals surface area contributed by atoms with Crippen molar-refractivity contribution >= 4 is 11.7 Å². The van der Waals surface area contributed by atoms with Crippen LogP contribution < -0.4 is 10.1 Å². The van der Waals surface area contributed by atoms with Gasteiger partial charge >= 0.3 is 0 Å². The zero-order valence-corrected chi connectivity index (χ0v) is 16.4. The number of aromatic nitrogens is 1. The number of ether oxygens (including phenoxy) is 1. The molecule has 0 bridgehead atoms. The molecule has 1 unspecified atom stereocenters. The zero-order valence-electron chi connectivity index (χ0n) is 16.4. The molecule has 3 rings (SSSR count). The highest BCUT2D eigenvalue weighted by molar-refractivity contribution is 5.94. The Balaban J connectivity index is 1.50. The monoisotopic (exact) mass is 371 g/mol. The van der Waals surface area contributed by atoms with Gasteiger partial charge in [0.1, 0.15) is 11.5 Å². The van der Waals surface area contributed by atoms with E-state index in [0.29, 0.717) is 17.5 Å². The Hall–Kier alpha value is -2.34. The van der Waals surface area contributed by atoms with E-state index in [0.717, 1.165) is 44.5 Å². The van der Waals surface area contributed by atoms with Gasteiger partial charge in [0.05, 0.1) is 13.2 Å². The molecule has 1 saturated heterocycles. The number of hydrogen-bond donors (Lipinski definition) is 1. The lowest BCUT2D eigenvalue weighted by molar-refractivity contribution is -0.122. The van der Waals surface area contributed by atoms with E-state index in [9.17, 15) is 4.79 Å². The summed E-state index contributed by atoms with van der Waals surface area (Å²) in [7, 11) is 1.69. The summed E-state index contributed by atoms with van der Waals surface area (Å²) < 4.78 is 10.2. The van der Waals surface area contributed by atoms with Crippen LogP contribution in [-0.2, 0) is 11.2 Å². The van der Waals surface area contributed by atoms with Crippen molar-refractivity contribution in [2.24, 2.45) is 5.92 Å². The van der Waals surface area contributed by atoms with E-state index < -0.39 is 0 Å². The average molecular weight is 371 g/mol. The molecule has 0 saturated carbocycles. The molecular formula is C21H29N3O3. The lowest BCUT2D eigenvalue weighted by Crippen LogP contribution is -2.47. The minimum absolute atomic E-state index is 0.000551. The number of nitrogens with one attached hydrogen (secondary N) is 1. The molecular weight excluding hydrogens is 342 g/mol. The van der Waals surface area contributed by atoms with Crippen LogP contribution in [0.4, 0.5) is 5.82 Å². The van der Waals surface area contributed by atoms with Crippen molar-refractivity contribution in [2.45, 2.75) is 45.6 Å². The first-order valence-electron chi connectivity index (χ1n) is 9.70. The number of carbonyl (C=O) groups excluding carboxylic acids is 1. The van der Waals surface area contributed by atoms with Crippen molar-refractivity contribution in [3.63, 3.8) is 0 Å². The Bertz CT molecular complexity index is 733. The van der Waals surface area contributed by atoms with E-state index in [1.54, 1.807) is 13.2 Å². The first kappa shape index (κ1) is 19.4. The van der Waals surface area contributed by atoms with Gasteiger partial charge in [0.25, 0.3) is 0 Å². The van der Waals surface area contributed by atoms with Crippen molar-refractivity contribution in [1.29, 1.82) is 0 Å². The first-order valence-corrected chi connectivity index (χ1v) is 9.70. The second kappa shape index (κ2) is 9.04. The molecule has 0 radical (unpaired) electrons. The molecule has 1 atom stereocenters. The number of rotatable bonds is 7. The van der Waals surface area contributed by atoms with Gasteiger partial charge in [0, 0.05) is 6.07 Å². The predicted octanol–water partition coefficient (Wildman–Crippen LogP) is 3.66. The van der Waals surface area contributed by atoms with Crippen LogP contribution in [0.1, 0.15) is 37.5 Å². The van der Waals surface area contributed by atoms with E-state index in [1.807, 2.05) is 19.1 Å². The number of anilines is 1. The summed E-state index contributed by atoms with van der Waals surface area (Å²) in [4.78, 5) is 14.9. The van der Waals surface area contributed by atoms with Gasteiger partial charge < -0.3 is 14.6 Å². The third-order valence-electron chi connectivity index (χ3n) is 5.34. The molecule has 146 valence electrons. The SMILES string of the molecule is CCC(C(=O)Nc1cc(C)on1)N1CCC(Cc2ccc(OC)cc2)CC1. The summed E-state index contributed by atoms with van der Waals surface area (Å²) in [6, 6.07) is 9.96. The molecule has 0 spiro atoms. The molecule has 6 heteroatoms. The van der Waals surface area contributed by atoms with Crippen LogP contribution in [-0.4, -0.2) is 42.2 Å². The quantitative estimate of drug-likeness (QED) is 0.804. The summed E-state index contributed by atoms with van der Waals surface area (Å²) in [5.41, 5.74) is 1.35. The summed E-state index contributed by atoms with van der Waals surface area (Å²) in [5.74, 6) is 2.74. The zero-order chi connectivity index (χ0) is 19.2. The normalized spacial score (nSPS) is 16.9. The number of aryl methyl sites for hydroxylation is 1. The van der Waals surface area contributed by atoms with Crippen molar-refractivity contribution < 1.29 is 14.1 Å². The van der Waals surface area contributed by atoms with Crippen LogP contribution in [0.15, 0.2) is 34.9 Å². The predicted molar refractivity (Wildman–Crippen MR) is 105 cm³/mol. The van der Waals surface area contributed by atoms with Crippen LogP contribution in [0.3, 0.4) is 0 Å². The summed E-state index contributed by atoms with van der Waals surface area (Å²) in [5, 5.41) is 6.73. The van der Waals surface area contributed by atoms with Crippen LogP contribution in [0.2, 0.25) is 0 Å². The lowest BCUT2D eigenvalue weighted by atomic mass is 9.89. The maximum atomic E-state index is 12.6. The number of likely N-dealkylation sites (tertiary alicyclic amines) is 1. The van der Waals surface area contributed by atoms with Crippen LogP contribution in [0.5, 0.6) is 5.75 Å². The molecule has 1 N–H and O–H groups in total. The number of hydrogen-bond acceptors (Lipinski definition) is 5. The molecule has 2 heterocycles. The van der Waals surface area contributed by atoms with Crippen molar-refractivity contribution in [3.8, 4) is 5.75 Å². The second-order valence-electron chi connectivity index (χ2n) is 7.27. The number of benzene rings is 1. The number of piperidine rings is 1. The fourth-order valence-corrected chi connectivity index (χ4v) is 3.81. The minimum Gasteiger partial charge on any atom is -0.497 e. The van der Waals surface area contributed by atoms with Gasteiger partial charge in [-0.15, -0.1) is 0 Å². The van der Waals surface area contributed by atoms with Crippen LogP contribution in [0, 0.1) is 12.8 Å². The topological polar surface area (TPSA) is 67.6 Å². The first-order chi connectivity index (χ1) is 13.1. The van der Waals surface area contributed by atoms with Gasteiger partial charge in [-0.1, -0.05) is 24.2 Å². The fraction of sp³-hybridized carbons (Fsp3) is 0.524. The highest BCUT2D eigenvalue weighted by Crippen LogP contribution is 2.25. The maximum absolute atomic E-state index is 12.6. The van der Waals surface area contributed by atoms with E-state index in [4.69, 9.17) is 9.26 Å². The Morgan fingerprint density at radius 1 is 1.33 bits per heavy atom. The Labute approximate surface area is 160 Å². The summed E-state index contributed by atoms with van der Waals surface area (Å²) >= 11 is 0. The number of nitrogens with zero attached hydrogens (tertiary/aromatic N) is 2. The molecule has 1 amide bonds. The van der Waals surface area contributed by atoms with Gasteiger partial charge in [0.2, 0.25) is 5.91 Å². The molecule has 27 heavy (non-hydrogen) atoms. The molecule has 1 aromatic heterocycles. The standard InChI is InChI=1S/C21H29N3O3/c1-4-19(21(25)22-20-13-15(2)27-23-20)24-11-9-17(10-12-24)14-16-5-7-18(26-3)8-6-16/h5-8,13,17,19H,4,9-12,14H2,1-3H3,(H,22,23,25). The molecule has 2 aromatic rings. The van der Waals surface area contributed by atoms with Crippen LogP contribution >= 0.6 is 0 Å². The van der Waals surface area contributed by atoms with Crippen LogP contribution in [0.25, 0.3) is 0 Å². The third-order valence-corrected chi connectivity index (χ3v) is 5.34. The van der Waals surface area contributed by atoms with E-state index in [-0.39, 0.29) is 11.9 Å². The highest BCUT2D eigenvalue weighted by atomic mass is 16.5. The maximum Gasteiger partial charge on any atom is 0.242 e. The van der Waals surface area contributed by atoms with E-state index >= 15 is 0 Å². The van der Waals surface area contributed by atoms with Gasteiger partial charge in [0.15, 0.2) is 5.82 Å². The van der Waals surface area contributed by atoms with Crippen molar-refractivity contribution in [2.75, 3.05) is 25.5 Å². The smallest absolute Gasteiger partial charge is 0.242 e. The minimum atomic E-state index is -0.121. The number of amides is 1. The largest absolute Gasteiger partial charge is 0.497 e. The highest BCUT2D eigenvalue weighted by Gasteiger charge is 2.29. The molecule has 1 aromatic carbocycles. The number of carbonyl (C=O) groups is 1. The molecule has 0 aliphatic carbocycles. The Kier molecular flexibility index (Phi) is 6.50. The van der Waals surface area contributed by atoms with E-state index in [2.05, 4.69) is 34.4 Å². The van der Waals surface area contributed by atoms with Gasteiger partial charge in [-0.2, -0.15) is 0 Å². The van der Waals surface area contributed by atoms with Gasteiger partial charge in [-0.05, 0) is 69.3 Å². The Morgan fingerprint density at radius 3 is 2.59 bits per heavy atom. The lowest BCUT2D eigenvalue weighted by Gasteiger charge is -2.36. The molecule has 1 aliphatic rings. The molecule has 6 nitrogen and oxygen atoms in total. The van der Waals surface area contributed by atoms with E-state index in [1.165, 1.54) is 5.56 Å². The fourth-order valence-electron chi connectivity index (χ4n) is 3.81. The Morgan fingerprint density at radius 2 is 2.04 bits per heavy atom. The summed E-state index contributed by atoms with van der Waals surface area (Å²) in [6.07, 6.45) is 4.09. The van der Waals surface area contributed by atoms with Crippen molar-refractivity contribution in [3.05, 3.63) is 41.7 Å². The van der Waals surface area contributed by atoms with Crippen molar-refractivity contribution in [1.82, 2.24) is 10.1 Å². The third kappa shape index (κ3) is 5.10. The van der Waals surface area contributed by atoms with Gasteiger partial charge in [-0.25, -0.2) is 0 Å². The van der Waals surface area contributed by atoms with Gasteiger partial charge in [-0.3, -0.25) is 9.69 Å². The molecule has 1 fully saturated rings. The number of methoxy groups -OCH3 is 1.